The summed E-state index contributed by atoms with van der Waals surface area (Å²) in [7, 11) is 1.62. The molecule has 0 aromatic heterocycles. The van der Waals surface area contributed by atoms with Gasteiger partial charge in [0.1, 0.15) is 30.4 Å². The average Bonchev–Trinajstić information content (AvgIpc) is 3.02. The summed E-state index contributed by atoms with van der Waals surface area (Å²) in [6, 6.07) is 10.3. The van der Waals surface area contributed by atoms with E-state index in [1.54, 1.807) is 36.2 Å². The Hall–Kier alpha value is -4.56. The van der Waals surface area contributed by atoms with E-state index in [4.69, 9.17) is 9.47 Å². The van der Waals surface area contributed by atoms with E-state index in [0.29, 0.717) is 12.0 Å². The van der Waals surface area contributed by atoms with E-state index in [-0.39, 0.29) is 76.6 Å². The number of hydrazine groups is 1. The van der Waals surface area contributed by atoms with Crippen LogP contribution in [-0.2, 0) is 32.2 Å². The minimum Gasteiger partial charge on any atom is -0.445 e. The first-order valence-corrected chi connectivity index (χ1v) is 14.6. The Balaban J connectivity index is 1.46. The molecule has 2 aliphatic rings. The van der Waals surface area contributed by atoms with Gasteiger partial charge in [-0.2, -0.15) is 0 Å². The van der Waals surface area contributed by atoms with Crippen molar-refractivity contribution in [1.82, 2.24) is 30.5 Å². The zero-order chi connectivity index (χ0) is 32.3. The smallest absolute Gasteiger partial charge is 0.407 e. The van der Waals surface area contributed by atoms with Gasteiger partial charge in [0.05, 0.1) is 26.3 Å². The van der Waals surface area contributed by atoms with Crippen molar-refractivity contribution in [2.24, 2.45) is 0 Å². The van der Waals surface area contributed by atoms with Gasteiger partial charge in [0.2, 0.25) is 11.8 Å². The number of fused-ring (bicyclic) bond motifs is 1. The average molecular weight is 629 g/mol. The van der Waals surface area contributed by atoms with Crippen LogP contribution in [0.4, 0.5) is 18.4 Å². The monoisotopic (exact) mass is 628 g/mol. The highest BCUT2D eigenvalue weighted by atomic mass is 19.1. The summed E-state index contributed by atoms with van der Waals surface area (Å²) in [5.41, 5.74) is 1.46. The van der Waals surface area contributed by atoms with Gasteiger partial charge in [-0.3, -0.25) is 9.59 Å². The molecule has 2 saturated heterocycles. The highest BCUT2D eigenvalue weighted by Gasteiger charge is 2.50. The van der Waals surface area contributed by atoms with Crippen LogP contribution in [0.1, 0.15) is 24.0 Å². The van der Waals surface area contributed by atoms with Crippen molar-refractivity contribution in [3.05, 3.63) is 83.9 Å². The molecule has 4 rings (SSSR count). The third-order valence-corrected chi connectivity index (χ3v) is 7.45. The molecular formula is C31H38F2N6O6. The Morgan fingerprint density at radius 3 is 2.36 bits per heavy atom. The first kappa shape index (κ1) is 33.3. The molecule has 0 saturated carbocycles. The third kappa shape index (κ3) is 8.99. The molecule has 2 N–H and O–H groups in total. The molecule has 2 aliphatic heterocycles. The highest BCUT2D eigenvalue weighted by Crippen LogP contribution is 2.28. The molecule has 2 aromatic carbocycles. The lowest BCUT2D eigenvalue weighted by Crippen LogP contribution is -2.76. The number of nitrogens with zero attached hydrogens (tertiary/aromatic N) is 4. The van der Waals surface area contributed by atoms with Gasteiger partial charge in [0.15, 0.2) is 0 Å². The van der Waals surface area contributed by atoms with Gasteiger partial charge in [-0.15, -0.1) is 0 Å². The number of halogens is 2. The van der Waals surface area contributed by atoms with E-state index < -0.39 is 30.1 Å². The highest BCUT2D eigenvalue weighted by molar-refractivity contribution is 5.91. The van der Waals surface area contributed by atoms with Crippen molar-refractivity contribution in [2.45, 2.75) is 38.2 Å². The summed E-state index contributed by atoms with van der Waals surface area (Å²) in [5.74, 6) is -1.35. The summed E-state index contributed by atoms with van der Waals surface area (Å²) >= 11 is 0. The lowest BCUT2D eigenvalue weighted by Gasteiger charge is -2.54. The fourth-order valence-corrected chi connectivity index (χ4v) is 5.26. The van der Waals surface area contributed by atoms with Gasteiger partial charge >= 0.3 is 12.1 Å². The standard InChI is InChI=1S/C31H38F2N6O6/c1-3-16-45-31(43)34-14-4-5-26-29(41)37(15-17-44-21-23-8-12-25(33)13-9-23)19-27-38(26)28(40)20-36(2)39(27)30(42)35-18-22-6-10-24(32)11-7-22/h3,6-13,26-27H,1,4-5,14-21H2,2H3,(H,34,43)(H,35,42)/t26-,27-/m0/s1. The van der Waals surface area contributed by atoms with Crippen LogP contribution >= 0.6 is 0 Å². The van der Waals surface area contributed by atoms with Crippen LogP contribution in [0.3, 0.4) is 0 Å². The largest absolute Gasteiger partial charge is 0.445 e. The summed E-state index contributed by atoms with van der Waals surface area (Å²) in [6.07, 6.45) is 0.596. The molecule has 14 heteroatoms. The molecule has 0 radical (unpaired) electrons. The van der Waals surface area contributed by atoms with Crippen LogP contribution in [0.5, 0.6) is 0 Å². The van der Waals surface area contributed by atoms with Crippen LogP contribution < -0.4 is 10.6 Å². The fourth-order valence-electron chi connectivity index (χ4n) is 5.26. The Labute approximate surface area is 260 Å². The van der Waals surface area contributed by atoms with Gasteiger partial charge in [0, 0.05) is 26.7 Å². The lowest BCUT2D eigenvalue weighted by molar-refractivity contribution is -0.188. The van der Waals surface area contributed by atoms with Gasteiger partial charge in [-0.05, 0) is 48.2 Å². The maximum Gasteiger partial charge on any atom is 0.407 e. The zero-order valence-corrected chi connectivity index (χ0v) is 25.1. The predicted octanol–water partition coefficient (Wildman–Crippen LogP) is 2.61. The van der Waals surface area contributed by atoms with E-state index in [9.17, 15) is 28.0 Å². The van der Waals surface area contributed by atoms with E-state index >= 15 is 0 Å². The third-order valence-electron chi connectivity index (χ3n) is 7.45. The van der Waals surface area contributed by atoms with Crippen LogP contribution in [0.15, 0.2) is 61.2 Å². The zero-order valence-electron chi connectivity index (χ0n) is 25.1. The Morgan fingerprint density at radius 2 is 1.69 bits per heavy atom. The van der Waals surface area contributed by atoms with Crippen LogP contribution in [0, 0.1) is 11.6 Å². The quantitative estimate of drug-likeness (QED) is 0.258. The molecule has 45 heavy (non-hydrogen) atoms. The van der Waals surface area contributed by atoms with Crippen molar-refractivity contribution in [3.8, 4) is 0 Å². The summed E-state index contributed by atoms with van der Waals surface area (Å²) in [5, 5.41) is 8.36. The molecule has 2 atom stereocenters. The number of carbonyl (C=O) groups is 4. The molecule has 2 aromatic rings. The number of benzene rings is 2. The second kappa shape index (κ2) is 16.0. The first-order chi connectivity index (χ1) is 21.7. The minimum atomic E-state index is -0.888. The normalized spacial score (nSPS) is 18.4. The van der Waals surface area contributed by atoms with Crippen molar-refractivity contribution < 1.29 is 37.4 Å². The Morgan fingerprint density at radius 1 is 1.02 bits per heavy atom. The first-order valence-electron chi connectivity index (χ1n) is 14.6. The van der Waals surface area contributed by atoms with Gasteiger partial charge in [-0.25, -0.2) is 28.4 Å². The van der Waals surface area contributed by atoms with Crippen LogP contribution in [-0.4, -0.2) is 102 Å². The van der Waals surface area contributed by atoms with E-state index in [2.05, 4.69) is 17.2 Å². The number of hydrogen-bond acceptors (Lipinski definition) is 7. The topological polar surface area (TPSA) is 124 Å². The summed E-state index contributed by atoms with van der Waals surface area (Å²) in [6.45, 7) is 4.37. The molecule has 0 spiro atoms. The molecule has 0 bridgehead atoms. The molecule has 0 unspecified atom stereocenters. The predicted molar refractivity (Wildman–Crippen MR) is 159 cm³/mol. The van der Waals surface area contributed by atoms with E-state index in [0.717, 1.165) is 5.56 Å². The maximum atomic E-state index is 13.7. The number of amides is 5. The Bertz CT molecular complexity index is 1350. The molecule has 12 nitrogen and oxygen atoms in total. The number of alkyl carbamates (subject to hydrolysis) is 1. The number of carbonyl (C=O) groups excluding carboxylic acids is 4. The summed E-state index contributed by atoms with van der Waals surface area (Å²) < 4.78 is 37.2. The lowest BCUT2D eigenvalue weighted by atomic mass is 10.0. The van der Waals surface area contributed by atoms with Crippen molar-refractivity contribution >= 4 is 23.9 Å². The second-order valence-electron chi connectivity index (χ2n) is 10.7. The second-order valence-corrected chi connectivity index (χ2v) is 10.7. The van der Waals surface area contributed by atoms with Crippen LogP contribution in [0.25, 0.3) is 0 Å². The molecule has 2 heterocycles. The SMILES string of the molecule is C=CCOC(=O)NCCC[C@H]1C(=O)N(CCOCc2ccc(F)cc2)C[C@H]2N1C(=O)CN(C)N2C(=O)NCc1ccc(F)cc1. The fraction of sp³-hybridized carbons (Fsp3) is 0.419. The molecule has 0 aliphatic carbocycles. The number of nitrogens with one attached hydrogen (secondary N) is 2. The molecular weight excluding hydrogens is 590 g/mol. The molecule has 5 amide bonds. The number of piperazine rings is 1. The number of hydrogen-bond donors (Lipinski definition) is 2. The number of rotatable bonds is 13. The van der Waals surface area contributed by atoms with Crippen LogP contribution in [0.2, 0.25) is 0 Å². The van der Waals surface area contributed by atoms with Gasteiger partial charge in [0.25, 0.3) is 0 Å². The van der Waals surface area contributed by atoms with Gasteiger partial charge in [-0.1, -0.05) is 36.9 Å². The van der Waals surface area contributed by atoms with Gasteiger partial charge < -0.3 is 29.9 Å². The van der Waals surface area contributed by atoms with E-state index in [1.165, 1.54) is 45.3 Å². The number of urea groups is 1. The van der Waals surface area contributed by atoms with Crippen molar-refractivity contribution in [2.75, 3.05) is 46.4 Å². The Kier molecular flexibility index (Phi) is 11.8. The maximum absolute atomic E-state index is 13.7. The van der Waals surface area contributed by atoms with Crippen molar-refractivity contribution in [3.63, 3.8) is 0 Å². The molecule has 242 valence electrons. The van der Waals surface area contributed by atoms with E-state index in [1.807, 2.05) is 0 Å². The number of ether oxygens (including phenoxy) is 2. The molecule has 2 fully saturated rings. The van der Waals surface area contributed by atoms with Crippen molar-refractivity contribution in [1.29, 1.82) is 0 Å². The number of likely N-dealkylation sites (N-methyl/N-ethyl adjacent to an activating group) is 1. The summed E-state index contributed by atoms with van der Waals surface area (Å²) in [4.78, 5) is 55.4. The minimum absolute atomic E-state index is 0.0431.